The van der Waals surface area contributed by atoms with Crippen molar-refractivity contribution >= 4 is 21.8 Å². The molecular weight excluding hydrogens is 322 g/mol. The van der Waals surface area contributed by atoms with Crippen molar-refractivity contribution in [3.8, 4) is 0 Å². The van der Waals surface area contributed by atoms with Gasteiger partial charge in [-0.2, -0.15) is 0 Å². The number of nitrogens with zero attached hydrogens (tertiary/aromatic N) is 3. The fraction of sp³-hybridized carbons (Fsp3) is 0.308. The van der Waals surface area contributed by atoms with Gasteiger partial charge >= 0.3 is 0 Å². The standard InChI is InChI=1S/C13H16BrN5O/c1-9(10-4-2-3-5-11(10)14)16-13(20)12-8-19(7-6-15)18-17-12/h2-5,8-9H,6-7,15H2,1H3,(H,16,20)/t9-/m0/s1. The van der Waals surface area contributed by atoms with E-state index in [4.69, 9.17) is 5.73 Å². The number of hydrogen-bond donors (Lipinski definition) is 2. The molecular formula is C13H16BrN5O. The van der Waals surface area contributed by atoms with Gasteiger partial charge in [0.25, 0.3) is 5.91 Å². The van der Waals surface area contributed by atoms with E-state index in [1.165, 1.54) is 0 Å². The largest absolute Gasteiger partial charge is 0.344 e. The molecule has 0 aliphatic carbocycles. The van der Waals surface area contributed by atoms with Gasteiger partial charge in [0.1, 0.15) is 0 Å². The van der Waals surface area contributed by atoms with E-state index >= 15 is 0 Å². The molecule has 3 N–H and O–H groups in total. The highest BCUT2D eigenvalue weighted by atomic mass is 79.9. The second-order valence-corrected chi connectivity index (χ2v) is 5.23. The number of aromatic nitrogens is 3. The second kappa shape index (κ2) is 6.62. The highest BCUT2D eigenvalue weighted by molar-refractivity contribution is 9.10. The molecule has 1 aromatic carbocycles. The fourth-order valence-corrected chi connectivity index (χ4v) is 2.45. The van der Waals surface area contributed by atoms with Gasteiger partial charge in [-0.05, 0) is 18.6 Å². The molecule has 2 rings (SSSR count). The zero-order chi connectivity index (χ0) is 14.5. The van der Waals surface area contributed by atoms with Crippen LogP contribution in [0.15, 0.2) is 34.9 Å². The highest BCUT2D eigenvalue weighted by Crippen LogP contribution is 2.22. The lowest BCUT2D eigenvalue weighted by molar-refractivity contribution is 0.0934. The van der Waals surface area contributed by atoms with E-state index in [9.17, 15) is 4.79 Å². The first-order valence-corrected chi connectivity index (χ1v) is 7.06. The number of nitrogens with two attached hydrogens (primary N) is 1. The lowest BCUT2D eigenvalue weighted by Crippen LogP contribution is -2.27. The molecule has 0 unspecified atom stereocenters. The van der Waals surface area contributed by atoms with E-state index in [1.54, 1.807) is 10.9 Å². The van der Waals surface area contributed by atoms with Crippen molar-refractivity contribution in [3.05, 3.63) is 46.2 Å². The Bertz CT molecular complexity index is 598. The van der Waals surface area contributed by atoms with Crippen LogP contribution < -0.4 is 11.1 Å². The predicted octanol–water partition coefficient (Wildman–Crippen LogP) is 1.49. The Morgan fingerprint density at radius 3 is 2.95 bits per heavy atom. The van der Waals surface area contributed by atoms with Crippen molar-refractivity contribution in [2.45, 2.75) is 19.5 Å². The van der Waals surface area contributed by atoms with Gasteiger partial charge < -0.3 is 11.1 Å². The van der Waals surface area contributed by atoms with Crippen LogP contribution in [-0.4, -0.2) is 27.4 Å². The summed E-state index contributed by atoms with van der Waals surface area (Å²) in [5, 5.41) is 10.6. The number of halogens is 1. The van der Waals surface area contributed by atoms with Crippen LogP contribution in [0.1, 0.15) is 29.0 Å². The summed E-state index contributed by atoms with van der Waals surface area (Å²) >= 11 is 3.47. The molecule has 0 bridgehead atoms. The minimum absolute atomic E-state index is 0.127. The highest BCUT2D eigenvalue weighted by Gasteiger charge is 2.15. The van der Waals surface area contributed by atoms with E-state index in [0.717, 1.165) is 10.0 Å². The SMILES string of the molecule is C[C@H](NC(=O)c1cn(CCN)nn1)c1ccccc1Br. The normalized spacial score (nSPS) is 12.2. The van der Waals surface area contributed by atoms with Crippen molar-refractivity contribution in [3.63, 3.8) is 0 Å². The van der Waals surface area contributed by atoms with Crippen LogP contribution in [-0.2, 0) is 6.54 Å². The molecule has 0 radical (unpaired) electrons. The third-order valence-electron chi connectivity index (χ3n) is 2.85. The molecule has 20 heavy (non-hydrogen) atoms. The van der Waals surface area contributed by atoms with Crippen molar-refractivity contribution in [1.29, 1.82) is 0 Å². The molecule has 1 heterocycles. The molecule has 0 fully saturated rings. The number of carbonyl (C=O) groups excluding carboxylic acids is 1. The van der Waals surface area contributed by atoms with E-state index in [2.05, 4.69) is 31.6 Å². The van der Waals surface area contributed by atoms with Crippen LogP contribution in [0.2, 0.25) is 0 Å². The monoisotopic (exact) mass is 337 g/mol. The Kier molecular flexibility index (Phi) is 4.86. The van der Waals surface area contributed by atoms with Crippen LogP contribution in [0.5, 0.6) is 0 Å². The maximum Gasteiger partial charge on any atom is 0.273 e. The Morgan fingerprint density at radius 1 is 1.50 bits per heavy atom. The summed E-state index contributed by atoms with van der Waals surface area (Å²) in [5.74, 6) is -0.253. The van der Waals surface area contributed by atoms with Gasteiger partial charge in [-0.25, -0.2) is 0 Å². The summed E-state index contributed by atoms with van der Waals surface area (Å²) in [5.41, 5.74) is 6.72. The van der Waals surface area contributed by atoms with Crippen LogP contribution in [0.4, 0.5) is 0 Å². The van der Waals surface area contributed by atoms with Crippen molar-refractivity contribution in [2.75, 3.05) is 6.54 Å². The van der Waals surface area contributed by atoms with Gasteiger partial charge in [0.15, 0.2) is 5.69 Å². The first-order chi connectivity index (χ1) is 9.61. The Morgan fingerprint density at radius 2 is 2.25 bits per heavy atom. The third-order valence-corrected chi connectivity index (χ3v) is 3.57. The topological polar surface area (TPSA) is 85.8 Å². The summed E-state index contributed by atoms with van der Waals surface area (Å²) < 4.78 is 2.51. The number of hydrogen-bond acceptors (Lipinski definition) is 4. The minimum atomic E-state index is -0.253. The van der Waals surface area contributed by atoms with Gasteiger partial charge in [0.2, 0.25) is 0 Å². The minimum Gasteiger partial charge on any atom is -0.344 e. The summed E-state index contributed by atoms with van der Waals surface area (Å²) in [6.07, 6.45) is 1.59. The Labute approximate surface area is 125 Å². The van der Waals surface area contributed by atoms with Gasteiger partial charge in [-0.3, -0.25) is 9.48 Å². The van der Waals surface area contributed by atoms with Gasteiger partial charge in [-0.15, -0.1) is 5.10 Å². The lowest BCUT2D eigenvalue weighted by Gasteiger charge is -2.14. The summed E-state index contributed by atoms with van der Waals surface area (Å²) in [7, 11) is 0. The van der Waals surface area contributed by atoms with Crippen molar-refractivity contribution in [2.24, 2.45) is 5.73 Å². The van der Waals surface area contributed by atoms with Gasteiger partial charge in [-0.1, -0.05) is 39.3 Å². The molecule has 0 aliphatic heterocycles. The first-order valence-electron chi connectivity index (χ1n) is 6.27. The van der Waals surface area contributed by atoms with E-state index in [0.29, 0.717) is 13.1 Å². The smallest absolute Gasteiger partial charge is 0.273 e. The van der Waals surface area contributed by atoms with E-state index in [-0.39, 0.29) is 17.6 Å². The average molecular weight is 338 g/mol. The van der Waals surface area contributed by atoms with Crippen LogP contribution in [0.25, 0.3) is 0 Å². The predicted molar refractivity (Wildman–Crippen MR) is 79.1 cm³/mol. The molecule has 106 valence electrons. The number of carbonyl (C=O) groups is 1. The molecule has 2 aromatic rings. The molecule has 0 saturated carbocycles. The zero-order valence-electron chi connectivity index (χ0n) is 11.1. The van der Waals surface area contributed by atoms with E-state index < -0.39 is 0 Å². The molecule has 1 aromatic heterocycles. The maximum atomic E-state index is 12.1. The number of amides is 1. The molecule has 1 atom stereocenters. The van der Waals surface area contributed by atoms with Crippen LogP contribution in [0.3, 0.4) is 0 Å². The third kappa shape index (κ3) is 3.43. The maximum absolute atomic E-state index is 12.1. The zero-order valence-corrected chi connectivity index (χ0v) is 12.7. The number of rotatable bonds is 5. The van der Waals surface area contributed by atoms with Crippen LogP contribution >= 0.6 is 15.9 Å². The molecule has 0 saturated heterocycles. The first kappa shape index (κ1) is 14.7. The number of benzene rings is 1. The van der Waals surface area contributed by atoms with Crippen molar-refractivity contribution < 1.29 is 4.79 Å². The summed E-state index contributed by atoms with van der Waals surface area (Å²) in [6.45, 7) is 2.92. The molecule has 6 nitrogen and oxygen atoms in total. The second-order valence-electron chi connectivity index (χ2n) is 4.37. The van der Waals surface area contributed by atoms with Crippen molar-refractivity contribution in [1.82, 2.24) is 20.3 Å². The molecule has 1 amide bonds. The van der Waals surface area contributed by atoms with Gasteiger partial charge in [0, 0.05) is 11.0 Å². The molecule has 0 aliphatic rings. The van der Waals surface area contributed by atoms with E-state index in [1.807, 2.05) is 31.2 Å². The van der Waals surface area contributed by atoms with Gasteiger partial charge in [0.05, 0.1) is 18.8 Å². The fourth-order valence-electron chi connectivity index (χ4n) is 1.82. The average Bonchev–Trinajstić information content (AvgIpc) is 2.88. The quantitative estimate of drug-likeness (QED) is 0.865. The lowest BCUT2D eigenvalue weighted by atomic mass is 10.1. The van der Waals surface area contributed by atoms with Crippen LogP contribution in [0, 0.1) is 0 Å². The Balaban J connectivity index is 2.05. The molecule has 0 spiro atoms. The molecule has 7 heteroatoms. The number of nitrogens with one attached hydrogen (secondary N) is 1. The summed E-state index contributed by atoms with van der Waals surface area (Å²) in [6, 6.07) is 7.63. The summed E-state index contributed by atoms with van der Waals surface area (Å²) in [4.78, 5) is 12.1. The Hall–Kier alpha value is -1.73.